The SMILES string of the molecule is CNCc1cn(CC2CCCN(C(=O)Nc3ccc(C#N)cc3)C2)nn1. The number of carbonyl (C=O) groups excluding carboxylic acids is 1. The molecule has 0 spiro atoms. The third-order valence-corrected chi connectivity index (χ3v) is 4.46. The summed E-state index contributed by atoms with van der Waals surface area (Å²) in [5.74, 6) is 0.361. The molecule has 0 radical (unpaired) electrons. The van der Waals surface area contributed by atoms with Crippen LogP contribution in [0.4, 0.5) is 10.5 Å². The van der Waals surface area contributed by atoms with Crippen molar-refractivity contribution >= 4 is 11.7 Å². The third kappa shape index (κ3) is 4.58. The van der Waals surface area contributed by atoms with Crippen molar-refractivity contribution in [3.8, 4) is 6.07 Å². The number of likely N-dealkylation sites (tertiary alicyclic amines) is 1. The Balaban J connectivity index is 1.54. The highest BCUT2D eigenvalue weighted by Crippen LogP contribution is 2.19. The number of nitrogens with zero attached hydrogens (tertiary/aromatic N) is 5. The average Bonchev–Trinajstić information content (AvgIpc) is 3.10. The van der Waals surface area contributed by atoms with Crippen LogP contribution in [-0.4, -0.2) is 46.1 Å². The summed E-state index contributed by atoms with van der Waals surface area (Å²) in [5, 5.41) is 23.1. The number of rotatable bonds is 5. The van der Waals surface area contributed by atoms with E-state index in [1.54, 1.807) is 24.3 Å². The highest BCUT2D eigenvalue weighted by molar-refractivity contribution is 5.89. The summed E-state index contributed by atoms with van der Waals surface area (Å²) in [4.78, 5) is 14.4. The molecule has 1 aromatic heterocycles. The fraction of sp³-hybridized carbons (Fsp3) is 0.444. The second-order valence-electron chi connectivity index (χ2n) is 6.54. The first-order valence-corrected chi connectivity index (χ1v) is 8.77. The van der Waals surface area contributed by atoms with E-state index >= 15 is 0 Å². The Morgan fingerprint density at radius 3 is 2.92 bits per heavy atom. The predicted molar refractivity (Wildman–Crippen MR) is 97.3 cm³/mol. The minimum atomic E-state index is -0.103. The van der Waals surface area contributed by atoms with Gasteiger partial charge in [0, 0.05) is 38.1 Å². The fourth-order valence-electron chi connectivity index (χ4n) is 3.18. The first-order valence-electron chi connectivity index (χ1n) is 8.77. The van der Waals surface area contributed by atoms with Gasteiger partial charge in [-0.05, 0) is 50.1 Å². The third-order valence-electron chi connectivity index (χ3n) is 4.46. The van der Waals surface area contributed by atoms with Gasteiger partial charge in [0.25, 0.3) is 0 Å². The number of nitrogens with one attached hydrogen (secondary N) is 2. The molecule has 1 aromatic carbocycles. The largest absolute Gasteiger partial charge is 0.324 e. The van der Waals surface area contributed by atoms with Crippen molar-refractivity contribution < 1.29 is 4.79 Å². The molecule has 2 heterocycles. The number of urea groups is 1. The van der Waals surface area contributed by atoms with Crippen molar-refractivity contribution in [2.24, 2.45) is 5.92 Å². The Hall–Kier alpha value is -2.92. The molecule has 8 heteroatoms. The molecule has 0 bridgehead atoms. The van der Waals surface area contributed by atoms with E-state index in [4.69, 9.17) is 5.26 Å². The van der Waals surface area contributed by atoms with Crippen LogP contribution in [0, 0.1) is 17.2 Å². The maximum atomic E-state index is 12.5. The minimum Gasteiger partial charge on any atom is -0.324 e. The number of nitriles is 1. The standard InChI is InChI=1S/C18H23N7O/c1-20-10-17-13-25(23-22-17)12-15-3-2-8-24(11-15)18(26)21-16-6-4-14(9-19)5-7-16/h4-7,13,15,20H,2-3,8,10-12H2,1H3,(H,21,26). The van der Waals surface area contributed by atoms with Gasteiger partial charge in [0.15, 0.2) is 0 Å². The molecule has 0 saturated carbocycles. The number of piperidine rings is 1. The Morgan fingerprint density at radius 1 is 1.38 bits per heavy atom. The van der Waals surface area contributed by atoms with E-state index in [9.17, 15) is 4.79 Å². The summed E-state index contributed by atoms with van der Waals surface area (Å²) in [6, 6.07) is 8.85. The maximum Gasteiger partial charge on any atom is 0.321 e. The van der Waals surface area contributed by atoms with Crippen LogP contribution < -0.4 is 10.6 Å². The molecule has 136 valence electrons. The van der Waals surface area contributed by atoms with Crippen LogP contribution in [0.15, 0.2) is 30.5 Å². The van der Waals surface area contributed by atoms with E-state index in [1.165, 1.54) is 0 Å². The molecule has 2 amide bonds. The zero-order valence-electron chi connectivity index (χ0n) is 14.9. The van der Waals surface area contributed by atoms with E-state index in [1.807, 2.05) is 22.8 Å². The van der Waals surface area contributed by atoms with E-state index < -0.39 is 0 Å². The molecule has 2 aromatic rings. The quantitative estimate of drug-likeness (QED) is 0.854. The molecular formula is C18H23N7O. The van der Waals surface area contributed by atoms with Gasteiger partial charge in [0.05, 0.1) is 17.3 Å². The van der Waals surface area contributed by atoms with E-state index in [0.29, 0.717) is 30.3 Å². The van der Waals surface area contributed by atoms with Crippen molar-refractivity contribution in [1.82, 2.24) is 25.2 Å². The van der Waals surface area contributed by atoms with Crippen LogP contribution in [0.3, 0.4) is 0 Å². The van der Waals surface area contributed by atoms with Crippen molar-refractivity contribution in [3.05, 3.63) is 41.7 Å². The molecule has 1 atom stereocenters. The van der Waals surface area contributed by atoms with Crippen molar-refractivity contribution in [1.29, 1.82) is 5.26 Å². The maximum absolute atomic E-state index is 12.5. The second-order valence-corrected chi connectivity index (χ2v) is 6.54. The highest BCUT2D eigenvalue weighted by Gasteiger charge is 2.24. The molecule has 2 N–H and O–H groups in total. The second kappa shape index (κ2) is 8.45. The minimum absolute atomic E-state index is 0.103. The molecule has 8 nitrogen and oxygen atoms in total. The molecule has 3 rings (SSSR count). The van der Waals surface area contributed by atoms with Gasteiger partial charge in [0.1, 0.15) is 0 Å². The summed E-state index contributed by atoms with van der Waals surface area (Å²) in [6.45, 7) is 2.91. The van der Waals surface area contributed by atoms with Crippen molar-refractivity contribution in [2.45, 2.75) is 25.9 Å². The van der Waals surface area contributed by atoms with Crippen LogP contribution in [-0.2, 0) is 13.1 Å². The molecule has 26 heavy (non-hydrogen) atoms. The highest BCUT2D eigenvalue weighted by atomic mass is 16.2. The zero-order valence-corrected chi connectivity index (χ0v) is 14.9. The van der Waals surface area contributed by atoms with E-state index in [-0.39, 0.29) is 6.03 Å². The summed E-state index contributed by atoms with van der Waals surface area (Å²) >= 11 is 0. The topological polar surface area (TPSA) is 98.9 Å². The summed E-state index contributed by atoms with van der Waals surface area (Å²) < 4.78 is 1.86. The molecule has 1 aliphatic rings. The summed E-state index contributed by atoms with van der Waals surface area (Å²) in [6.07, 6.45) is 4.00. The van der Waals surface area contributed by atoms with E-state index in [0.717, 1.165) is 31.6 Å². The van der Waals surface area contributed by atoms with Gasteiger partial charge in [-0.1, -0.05) is 5.21 Å². The predicted octanol–water partition coefficient (Wildman–Crippen LogP) is 1.81. The van der Waals surface area contributed by atoms with Gasteiger partial charge in [-0.15, -0.1) is 5.10 Å². The molecule has 0 aliphatic carbocycles. The van der Waals surface area contributed by atoms with Crippen LogP contribution in [0.5, 0.6) is 0 Å². The van der Waals surface area contributed by atoms with E-state index in [2.05, 4.69) is 27.0 Å². The Labute approximate surface area is 152 Å². The van der Waals surface area contributed by atoms with Crippen molar-refractivity contribution in [3.63, 3.8) is 0 Å². The Kier molecular flexibility index (Phi) is 5.81. The van der Waals surface area contributed by atoms with Crippen LogP contribution >= 0.6 is 0 Å². The number of hydrogen-bond acceptors (Lipinski definition) is 5. The molecule has 1 aliphatic heterocycles. The van der Waals surface area contributed by atoms with Crippen LogP contribution in [0.1, 0.15) is 24.1 Å². The normalized spacial score (nSPS) is 16.9. The van der Waals surface area contributed by atoms with Crippen LogP contribution in [0.25, 0.3) is 0 Å². The lowest BCUT2D eigenvalue weighted by molar-refractivity contribution is 0.168. The van der Waals surface area contributed by atoms with Crippen molar-refractivity contribution in [2.75, 3.05) is 25.5 Å². The fourth-order valence-corrected chi connectivity index (χ4v) is 3.18. The monoisotopic (exact) mass is 353 g/mol. The molecular weight excluding hydrogens is 330 g/mol. The van der Waals surface area contributed by atoms with Crippen LogP contribution in [0.2, 0.25) is 0 Å². The smallest absolute Gasteiger partial charge is 0.321 e. The zero-order chi connectivity index (χ0) is 18.4. The Bertz CT molecular complexity index is 778. The number of benzene rings is 1. The van der Waals surface area contributed by atoms with Gasteiger partial charge in [0.2, 0.25) is 0 Å². The van der Waals surface area contributed by atoms with Gasteiger partial charge in [-0.3, -0.25) is 4.68 Å². The van der Waals surface area contributed by atoms with Gasteiger partial charge >= 0.3 is 6.03 Å². The lowest BCUT2D eigenvalue weighted by atomic mass is 9.98. The average molecular weight is 353 g/mol. The number of hydrogen-bond donors (Lipinski definition) is 2. The molecule has 1 saturated heterocycles. The van der Waals surface area contributed by atoms with Gasteiger partial charge in [-0.2, -0.15) is 5.26 Å². The number of amides is 2. The van der Waals surface area contributed by atoms with Gasteiger partial charge < -0.3 is 15.5 Å². The summed E-state index contributed by atoms with van der Waals surface area (Å²) in [5.41, 5.74) is 2.19. The molecule has 1 unspecified atom stereocenters. The van der Waals surface area contributed by atoms with Gasteiger partial charge in [-0.25, -0.2) is 4.79 Å². The lowest BCUT2D eigenvalue weighted by Crippen LogP contribution is -2.43. The number of carbonyl (C=O) groups is 1. The number of aromatic nitrogens is 3. The summed E-state index contributed by atoms with van der Waals surface area (Å²) in [7, 11) is 1.88. The first kappa shape index (κ1) is 17.9. The first-order chi connectivity index (χ1) is 12.7. The Morgan fingerprint density at radius 2 is 2.19 bits per heavy atom. The lowest BCUT2D eigenvalue weighted by Gasteiger charge is -2.32. The molecule has 1 fully saturated rings. The number of anilines is 1.